The van der Waals surface area contributed by atoms with Crippen molar-refractivity contribution in [3.63, 3.8) is 0 Å². The molecule has 0 unspecified atom stereocenters. The van der Waals surface area contributed by atoms with Crippen molar-refractivity contribution in [2.75, 3.05) is 5.73 Å². The maximum atomic E-state index is 10.8. The van der Waals surface area contributed by atoms with E-state index in [2.05, 4.69) is 6.58 Å². The Morgan fingerprint density at radius 1 is 1.46 bits per heavy atom. The van der Waals surface area contributed by atoms with Gasteiger partial charge in [0.1, 0.15) is 0 Å². The van der Waals surface area contributed by atoms with Gasteiger partial charge in [0.15, 0.2) is 0 Å². The summed E-state index contributed by atoms with van der Waals surface area (Å²) in [6.07, 6.45) is 0. The number of primary amides is 1. The molecule has 0 aromatic heterocycles. The fraction of sp³-hybridized carbons (Fsp3) is 0.100. The molecule has 0 bridgehead atoms. The molecule has 1 rings (SSSR count). The Labute approximate surface area is 77.0 Å². The van der Waals surface area contributed by atoms with Crippen molar-refractivity contribution in [3.05, 3.63) is 35.9 Å². The molecule has 0 fully saturated rings. The number of aryl methyl sites for hydroxylation is 1. The zero-order valence-corrected chi connectivity index (χ0v) is 7.50. The highest BCUT2D eigenvalue weighted by Crippen LogP contribution is 2.20. The van der Waals surface area contributed by atoms with Gasteiger partial charge in [0.2, 0.25) is 5.91 Å². The standard InChI is InChI=1S/C10H12N2O/c1-6-3-4-8(9(11)5-6)7(2)10(12)13/h3-5H,2,11H2,1H3,(H2,12,13). The van der Waals surface area contributed by atoms with E-state index >= 15 is 0 Å². The lowest BCUT2D eigenvalue weighted by molar-refractivity contribution is -0.112. The van der Waals surface area contributed by atoms with Crippen LogP contribution < -0.4 is 11.5 Å². The van der Waals surface area contributed by atoms with Crippen molar-refractivity contribution < 1.29 is 4.79 Å². The first-order chi connectivity index (χ1) is 6.02. The second-order valence-electron chi connectivity index (χ2n) is 2.93. The number of hydrogen-bond acceptors (Lipinski definition) is 2. The average molecular weight is 176 g/mol. The van der Waals surface area contributed by atoms with Crippen LogP contribution in [-0.2, 0) is 4.79 Å². The van der Waals surface area contributed by atoms with Gasteiger partial charge in [-0.1, -0.05) is 18.7 Å². The van der Waals surface area contributed by atoms with Crippen LogP contribution in [0.15, 0.2) is 24.8 Å². The number of carbonyl (C=O) groups excluding carboxylic acids is 1. The molecule has 0 atom stereocenters. The average Bonchev–Trinajstić information content (AvgIpc) is 2.03. The van der Waals surface area contributed by atoms with Crippen LogP contribution in [0, 0.1) is 6.92 Å². The van der Waals surface area contributed by atoms with Gasteiger partial charge < -0.3 is 11.5 Å². The second-order valence-corrected chi connectivity index (χ2v) is 2.93. The van der Waals surface area contributed by atoms with Crippen LogP contribution in [0.2, 0.25) is 0 Å². The lowest BCUT2D eigenvalue weighted by Gasteiger charge is -2.06. The van der Waals surface area contributed by atoms with Crippen molar-refractivity contribution in [2.45, 2.75) is 6.92 Å². The first-order valence-electron chi connectivity index (χ1n) is 3.87. The van der Waals surface area contributed by atoms with Gasteiger partial charge in [-0.2, -0.15) is 0 Å². The Kier molecular flexibility index (Phi) is 2.37. The van der Waals surface area contributed by atoms with Crippen LogP contribution in [0.25, 0.3) is 5.57 Å². The van der Waals surface area contributed by atoms with E-state index in [0.29, 0.717) is 11.3 Å². The van der Waals surface area contributed by atoms with Gasteiger partial charge in [0, 0.05) is 16.8 Å². The summed E-state index contributed by atoms with van der Waals surface area (Å²) >= 11 is 0. The smallest absolute Gasteiger partial charge is 0.248 e. The molecule has 1 aromatic carbocycles. The van der Waals surface area contributed by atoms with E-state index in [9.17, 15) is 4.79 Å². The fourth-order valence-electron chi connectivity index (χ4n) is 1.09. The number of nitrogen functional groups attached to an aromatic ring is 1. The van der Waals surface area contributed by atoms with Crippen LogP contribution in [0.5, 0.6) is 0 Å². The van der Waals surface area contributed by atoms with E-state index in [1.54, 1.807) is 12.1 Å². The summed E-state index contributed by atoms with van der Waals surface area (Å²) in [6.45, 7) is 5.48. The molecular weight excluding hydrogens is 164 g/mol. The van der Waals surface area contributed by atoms with Crippen molar-refractivity contribution >= 4 is 17.2 Å². The minimum Gasteiger partial charge on any atom is -0.398 e. The van der Waals surface area contributed by atoms with Crippen molar-refractivity contribution in [1.29, 1.82) is 0 Å². The van der Waals surface area contributed by atoms with Gasteiger partial charge in [-0.25, -0.2) is 0 Å². The Morgan fingerprint density at radius 3 is 2.54 bits per heavy atom. The molecule has 0 spiro atoms. The molecule has 0 aliphatic rings. The van der Waals surface area contributed by atoms with Crippen LogP contribution in [0.1, 0.15) is 11.1 Å². The van der Waals surface area contributed by atoms with Crippen LogP contribution in [0.3, 0.4) is 0 Å². The first kappa shape index (κ1) is 9.32. The summed E-state index contributed by atoms with van der Waals surface area (Å²) in [6, 6.07) is 5.39. The van der Waals surface area contributed by atoms with Crippen molar-refractivity contribution in [3.8, 4) is 0 Å². The number of anilines is 1. The Hall–Kier alpha value is -1.77. The van der Waals surface area contributed by atoms with Crippen molar-refractivity contribution in [2.24, 2.45) is 5.73 Å². The second kappa shape index (κ2) is 3.31. The third-order valence-corrected chi connectivity index (χ3v) is 1.83. The maximum Gasteiger partial charge on any atom is 0.248 e. The molecule has 4 N–H and O–H groups in total. The molecule has 0 heterocycles. The Morgan fingerprint density at radius 2 is 2.08 bits per heavy atom. The highest BCUT2D eigenvalue weighted by atomic mass is 16.1. The third kappa shape index (κ3) is 1.87. The molecule has 0 saturated heterocycles. The molecule has 0 radical (unpaired) electrons. The minimum absolute atomic E-state index is 0.248. The molecule has 68 valence electrons. The summed E-state index contributed by atoms with van der Waals surface area (Å²) in [5, 5.41) is 0. The van der Waals surface area contributed by atoms with E-state index < -0.39 is 5.91 Å². The highest BCUT2D eigenvalue weighted by molar-refractivity contribution is 6.19. The van der Waals surface area contributed by atoms with Crippen LogP contribution >= 0.6 is 0 Å². The molecular formula is C10H12N2O. The molecule has 3 heteroatoms. The van der Waals surface area contributed by atoms with Gasteiger partial charge in [0.05, 0.1) is 0 Å². The summed E-state index contributed by atoms with van der Waals surface area (Å²) in [5.41, 5.74) is 13.2. The van der Waals surface area contributed by atoms with Gasteiger partial charge in [-0.15, -0.1) is 0 Å². The summed E-state index contributed by atoms with van der Waals surface area (Å²) < 4.78 is 0. The SMILES string of the molecule is C=C(C(N)=O)c1ccc(C)cc1N. The Balaban J connectivity index is 3.16. The number of carbonyl (C=O) groups is 1. The lowest BCUT2D eigenvalue weighted by Crippen LogP contribution is -2.13. The first-order valence-corrected chi connectivity index (χ1v) is 3.87. The highest BCUT2D eigenvalue weighted by Gasteiger charge is 2.07. The predicted molar refractivity (Wildman–Crippen MR) is 53.8 cm³/mol. The molecule has 1 amide bonds. The monoisotopic (exact) mass is 176 g/mol. The molecule has 0 aliphatic heterocycles. The van der Waals surface area contributed by atoms with Gasteiger partial charge in [-0.3, -0.25) is 4.79 Å². The lowest BCUT2D eigenvalue weighted by atomic mass is 10.0. The Bertz CT molecular complexity index is 369. The van der Waals surface area contributed by atoms with Crippen LogP contribution in [0.4, 0.5) is 5.69 Å². The van der Waals surface area contributed by atoms with Crippen LogP contribution in [-0.4, -0.2) is 5.91 Å². The molecule has 0 saturated carbocycles. The molecule has 0 aliphatic carbocycles. The predicted octanol–water partition coefficient (Wildman–Crippen LogP) is 1.08. The molecule has 3 nitrogen and oxygen atoms in total. The molecule has 1 aromatic rings. The number of amides is 1. The minimum atomic E-state index is -0.546. The third-order valence-electron chi connectivity index (χ3n) is 1.83. The normalized spacial score (nSPS) is 9.62. The number of benzene rings is 1. The van der Waals surface area contributed by atoms with Gasteiger partial charge in [0.25, 0.3) is 0 Å². The number of hydrogen-bond donors (Lipinski definition) is 2. The summed E-state index contributed by atoms with van der Waals surface area (Å²) in [4.78, 5) is 10.8. The van der Waals surface area contributed by atoms with E-state index in [-0.39, 0.29) is 5.57 Å². The topological polar surface area (TPSA) is 69.1 Å². The van der Waals surface area contributed by atoms with Gasteiger partial charge >= 0.3 is 0 Å². The fourth-order valence-corrected chi connectivity index (χ4v) is 1.09. The van der Waals surface area contributed by atoms with E-state index in [0.717, 1.165) is 5.56 Å². The number of nitrogens with two attached hydrogens (primary N) is 2. The largest absolute Gasteiger partial charge is 0.398 e. The van der Waals surface area contributed by atoms with E-state index in [4.69, 9.17) is 11.5 Å². The number of rotatable bonds is 2. The zero-order valence-electron chi connectivity index (χ0n) is 7.50. The quantitative estimate of drug-likeness (QED) is 0.523. The van der Waals surface area contributed by atoms with Gasteiger partial charge in [-0.05, 0) is 18.6 Å². The van der Waals surface area contributed by atoms with E-state index in [1.165, 1.54) is 0 Å². The summed E-state index contributed by atoms with van der Waals surface area (Å²) in [7, 11) is 0. The van der Waals surface area contributed by atoms with Crippen molar-refractivity contribution in [1.82, 2.24) is 0 Å². The zero-order chi connectivity index (χ0) is 10.0. The molecule has 13 heavy (non-hydrogen) atoms. The maximum absolute atomic E-state index is 10.8. The van der Waals surface area contributed by atoms with E-state index in [1.807, 2.05) is 13.0 Å². The summed E-state index contributed by atoms with van der Waals surface area (Å²) in [5.74, 6) is -0.546.